The van der Waals surface area contributed by atoms with Gasteiger partial charge in [-0.2, -0.15) is 0 Å². The number of carbonyl (C=O) groups is 1. The summed E-state index contributed by atoms with van der Waals surface area (Å²) in [5.41, 5.74) is 0. The molecule has 96 valence electrons. The van der Waals surface area contributed by atoms with Gasteiger partial charge in [-0.15, -0.1) is 0 Å². The van der Waals surface area contributed by atoms with Crippen molar-refractivity contribution in [1.29, 1.82) is 0 Å². The lowest BCUT2D eigenvalue weighted by Gasteiger charge is -2.42. The Morgan fingerprint density at radius 1 is 1.25 bits per heavy atom. The summed E-state index contributed by atoms with van der Waals surface area (Å²) < 4.78 is 0. The molecule has 0 radical (unpaired) electrons. The third-order valence-corrected chi connectivity index (χ3v) is 2.71. The lowest BCUT2D eigenvalue weighted by Crippen LogP contribution is -2.58. The van der Waals surface area contributed by atoms with Crippen molar-refractivity contribution in [2.24, 2.45) is 0 Å². The molecule has 1 saturated heterocycles. The average molecular weight is 229 g/mol. The van der Waals surface area contributed by atoms with Crippen LogP contribution in [0.5, 0.6) is 0 Å². The third kappa shape index (κ3) is 6.08. The first-order valence-electron chi connectivity index (χ1n) is 5.95. The molecule has 16 heavy (non-hydrogen) atoms. The largest absolute Gasteiger partial charge is 0.340 e. The highest BCUT2D eigenvalue weighted by molar-refractivity contribution is 5.74. The molecule has 0 atom stereocenters. The number of nitrogens with zero attached hydrogens (tertiary/aromatic N) is 3. The minimum absolute atomic E-state index is 0.193. The van der Waals surface area contributed by atoms with E-state index in [1.807, 2.05) is 19.0 Å². The summed E-state index contributed by atoms with van der Waals surface area (Å²) in [7, 11) is 8.26. The summed E-state index contributed by atoms with van der Waals surface area (Å²) in [6, 6.07) is 0.587. The maximum absolute atomic E-state index is 10.7. The van der Waals surface area contributed by atoms with Gasteiger partial charge < -0.3 is 14.7 Å². The van der Waals surface area contributed by atoms with E-state index in [9.17, 15) is 4.79 Å². The molecule has 0 aromatic heterocycles. The standard InChI is InChI=1S/C7H14N2O.C5H13N/c1-6(10)9-4-7(5-9)8(2)3;1-4-5-6(2)3/h7H,4-5H2,1-3H3;4-5H2,1-3H3. The SMILES string of the molecule is CC(=O)N1CC(N(C)C)C1.CCCN(C)C. The van der Waals surface area contributed by atoms with Crippen LogP contribution in [0.3, 0.4) is 0 Å². The van der Waals surface area contributed by atoms with Crippen LogP contribution in [0.2, 0.25) is 0 Å². The molecule has 4 heteroatoms. The molecule has 0 N–H and O–H groups in total. The van der Waals surface area contributed by atoms with Gasteiger partial charge in [-0.05, 0) is 41.2 Å². The Morgan fingerprint density at radius 2 is 1.75 bits per heavy atom. The first kappa shape index (κ1) is 15.4. The van der Waals surface area contributed by atoms with E-state index < -0.39 is 0 Å². The fraction of sp³-hybridized carbons (Fsp3) is 0.917. The molecule has 0 unspecified atom stereocenters. The topological polar surface area (TPSA) is 26.8 Å². The first-order valence-corrected chi connectivity index (χ1v) is 5.95. The Balaban J connectivity index is 0.000000325. The van der Waals surface area contributed by atoms with Gasteiger partial charge in [-0.3, -0.25) is 4.79 Å². The van der Waals surface area contributed by atoms with E-state index in [4.69, 9.17) is 0 Å². The highest BCUT2D eigenvalue weighted by atomic mass is 16.2. The summed E-state index contributed by atoms with van der Waals surface area (Å²) in [6.45, 7) is 6.82. The summed E-state index contributed by atoms with van der Waals surface area (Å²) in [5, 5.41) is 0. The molecule has 1 aliphatic rings. The highest BCUT2D eigenvalue weighted by Gasteiger charge is 2.29. The Bertz CT molecular complexity index is 198. The van der Waals surface area contributed by atoms with E-state index >= 15 is 0 Å². The lowest BCUT2D eigenvalue weighted by atomic mass is 10.1. The van der Waals surface area contributed by atoms with E-state index in [2.05, 4.69) is 30.8 Å². The quantitative estimate of drug-likeness (QED) is 0.714. The monoisotopic (exact) mass is 229 g/mol. The molecule has 0 aromatic rings. The second-order valence-corrected chi connectivity index (χ2v) is 4.84. The van der Waals surface area contributed by atoms with Crippen molar-refractivity contribution in [2.45, 2.75) is 26.3 Å². The van der Waals surface area contributed by atoms with E-state index in [-0.39, 0.29) is 5.91 Å². The van der Waals surface area contributed by atoms with Gasteiger partial charge >= 0.3 is 0 Å². The van der Waals surface area contributed by atoms with Crippen LogP contribution in [0.1, 0.15) is 20.3 Å². The van der Waals surface area contributed by atoms with Crippen LogP contribution in [-0.4, -0.2) is 74.5 Å². The number of hydrogen-bond acceptors (Lipinski definition) is 3. The second-order valence-electron chi connectivity index (χ2n) is 4.84. The highest BCUT2D eigenvalue weighted by Crippen LogP contribution is 2.11. The van der Waals surface area contributed by atoms with Crippen molar-refractivity contribution in [2.75, 3.05) is 47.8 Å². The van der Waals surface area contributed by atoms with Gasteiger partial charge in [0.05, 0.1) is 0 Å². The van der Waals surface area contributed by atoms with Crippen LogP contribution in [0.15, 0.2) is 0 Å². The van der Waals surface area contributed by atoms with Crippen molar-refractivity contribution in [3.8, 4) is 0 Å². The zero-order valence-corrected chi connectivity index (χ0v) is 11.7. The predicted molar refractivity (Wildman–Crippen MR) is 68.6 cm³/mol. The van der Waals surface area contributed by atoms with Crippen LogP contribution in [-0.2, 0) is 4.79 Å². The van der Waals surface area contributed by atoms with Crippen LogP contribution in [0.4, 0.5) is 0 Å². The molecule has 1 fully saturated rings. The minimum Gasteiger partial charge on any atom is -0.340 e. The summed E-state index contributed by atoms with van der Waals surface area (Å²) in [6.07, 6.45) is 1.26. The third-order valence-electron chi connectivity index (χ3n) is 2.71. The molecular weight excluding hydrogens is 202 g/mol. The second kappa shape index (κ2) is 7.63. The fourth-order valence-electron chi connectivity index (χ4n) is 1.49. The predicted octanol–water partition coefficient (Wildman–Crippen LogP) is 0.737. The molecule has 1 amide bonds. The number of rotatable bonds is 3. The summed E-state index contributed by atoms with van der Waals surface area (Å²) in [4.78, 5) is 16.9. The minimum atomic E-state index is 0.193. The van der Waals surface area contributed by atoms with Crippen LogP contribution < -0.4 is 0 Å². The fourth-order valence-corrected chi connectivity index (χ4v) is 1.49. The molecular formula is C12H27N3O. The van der Waals surface area contributed by atoms with Gasteiger partial charge in [-0.1, -0.05) is 6.92 Å². The molecule has 4 nitrogen and oxygen atoms in total. The maximum atomic E-state index is 10.7. The van der Waals surface area contributed by atoms with Crippen LogP contribution in [0.25, 0.3) is 0 Å². The van der Waals surface area contributed by atoms with Crippen molar-refractivity contribution in [1.82, 2.24) is 14.7 Å². The van der Waals surface area contributed by atoms with Crippen molar-refractivity contribution < 1.29 is 4.79 Å². The Hall–Kier alpha value is -0.610. The van der Waals surface area contributed by atoms with Gasteiger partial charge in [0, 0.05) is 26.1 Å². The average Bonchev–Trinajstić information content (AvgIpc) is 1.99. The van der Waals surface area contributed by atoms with Gasteiger partial charge in [-0.25, -0.2) is 0 Å². The van der Waals surface area contributed by atoms with Gasteiger partial charge in [0.1, 0.15) is 0 Å². The molecule has 0 spiro atoms. The van der Waals surface area contributed by atoms with E-state index in [1.165, 1.54) is 13.0 Å². The van der Waals surface area contributed by atoms with Crippen molar-refractivity contribution >= 4 is 5.91 Å². The Labute approximate surface area is 100 Å². The first-order chi connectivity index (χ1) is 7.38. The number of carbonyl (C=O) groups excluding carboxylic acids is 1. The maximum Gasteiger partial charge on any atom is 0.219 e. The normalized spacial score (nSPS) is 15.9. The van der Waals surface area contributed by atoms with E-state index in [0.717, 1.165) is 13.1 Å². The smallest absolute Gasteiger partial charge is 0.219 e. The molecule has 1 rings (SSSR count). The number of likely N-dealkylation sites (tertiary alicyclic amines) is 1. The van der Waals surface area contributed by atoms with Crippen molar-refractivity contribution in [3.05, 3.63) is 0 Å². The van der Waals surface area contributed by atoms with E-state index in [1.54, 1.807) is 6.92 Å². The van der Waals surface area contributed by atoms with E-state index in [0.29, 0.717) is 6.04 Å². The molecule has 1 heterocycles. The summed E-state index contributed by atoms with van der Waals surface area (Å²) >= 11 is 0. The molecule has 1 aliphatic heterocycles. The number of amides is 1. The Morgan fingerprint density at radius 3 is 1.94 bits per heavy atom. The van der Waals surface area contributed by atoms with Gasteiger partial charge in [0.2, 0.25) is 5.91 Å². The Kier molecular flexibility index (Phi) is 7.34. The van der Waals surface area contributed by atoms with Crippen molar-refractivity contribution in [3.63, 3.8) is 0 Å². The lowest BCUT2D eigenvalue weighted by molar-refractivity contribution is -0.135. The van der Waals surface area contributed by atoms with Crippen LogP contribution >= 0.6 is 0 Å². The van der Waals surface area contributed by atoms with Crippen LogP contribution in [0, 0.1) is 0 Å². The van der Waals surface area contributed by atoms with Gasteiger partial charge in [0.15, 0.2) is 0 Å². The van der Waals surface area contributed by atoms with Gasteiger partial charge in [0.25, 0.3) is 0 Å². The molecule has 0 bridgehead atoms. The molecule has 0 aromatic carbocycles. The summed E-state index contributed by atoms with van der Waals surface area (Å²) in [5.74, 6) is 0.193. The number of hydrogen-bond donors (Lipinski definition) is 0. The molecule has 0 saturated carbocycles. The zero-order valence-electron chi connectivity index (χ0n) is 11.7. The molecule has 0 aliphatic carbocycles. The number of likely N-dealkylation sites (N-methyl/N-ethyl adjacent to an activating group) is 1. The zero-order chi connectivity index (χ0) is 12.7.